The number of hydrogen-bond donors (Lipinski definition) is 2. The molecular formula is C14H17N7O2. The van der Waals surface area contributed by atoms with E-state index in [4.69, 9.17) is 4.52 Å². The lowest BCUT2D eigenvalue weighted by atomic mass is 10.3. The highest BCUT2D eigenvalue weighted by molar-refractivity contribution is 5.89. The molecule has 0 spiro atoms. The summed E-state index contributed by atoms with van der Waals surface area (Å²) in [5.41, 5.74) is 3.64. The molecule has 0 aromatic carbocycles. The van der Waals surface area contributed by atoms with Gasteiger partial charge < -0.3 is 15.2 Å². The molecule has 3 heterocycles. The van der Waals surface area contributed by atoms with E-state index in [2.05, 4.69) is 30.9 Å². The van der Waals surface area contributed by atoms with Crippen LogP contribution in [0.5, 0.6) is 0 Å². The van der Waals surface area contributed by atoms with Crippen LogP contribution in [0.3, 0.4) is 0 Å². The molecule has 0 atom stereocenters. The van der Waals surface area contributed by atoms with Gasteiger partial charge in [0, 0.05) is 24.4 Å². The molecule has 0 saturated carbocycles. The highest BCUT2D eigenvalue weighted by atomic mass is 16.5. The van der Waals surface area contributed by atoms with Gasteiger partial charge in [0.15, 0.2) is 5.65 Å². The molecule has 120 valence electrons. The van der Waals surface area contributed by atoms with Gasteiger partial charge in [0.1, 0.15) is 5.82 Å². The summed E-state index contributed by atoms with van der Waals surface area (Å²) >= 11 is 0. The van der Waals surface area contributed by atoms with Crippen molar-refractivity contribution in [3.8, 4) is 0 Å². The molecule has 0 saturated heterocycles. The van der Waals surface area contributed by atoms with Crippen LogP contribution in [0.15, 0.2) is 10.6 Å². The largest absolute Gasteiger partial charge is 0.361 e. The number of fused-ring (bicyclic) bond motifs is 1. The van der Waals surface area contributed by atoms with Gasteiger partial charge in [0.25, 0.3) is 11.7 Å². The van der Waals surface area contributed by atoms with E-state index >= 15 is 0 Å². The average molecular weight is 315 g/mol. The second-order valence-corrected chi connectivity index (χ2v) is 5.17. The van der Waals surface area contributed by atoms with Crippen LogP contribution in [0.2, 0.25) is 0 Å². The third-order valence-corrected chi connectivity index (χ3v) is 3.50. The Hall–Kier alpha value is -2.97. The number of nitrogens with one attached hydrogen (secondary N) is 2. The molecular weight excluding hydrogens is 298 g/mol. The van der Waals surface area contributed by atoms with Crippen molar-refractivity contribution < 1.29 is 9.32 Å². The summed E-state index contributed by atoms with van der Waals surface area (Å²) in [6, 6.07) is 1.88. The van der Waals surface area contributed by atoms with Gasteiger partial charge in [-0.15, -0.1) is 0 Å². The van der Waals surface area contributed by atoms with Crippen LogP contribution in [0, 0.1) is 20.8 Å². The molecule has 2 N–H and O–H groups in total. The molecule has 0 unspecified atom stereocenters. The fourth-order valence-corrected chi connectivity index (χ4v) is 2.17. The second-order valence-electron chi connectivity index (χ2n) is 5.17. The standard InChI is InChI=1S/C14H17N7O2/c1-7-5-10(21-13(17-7)8(2)9(3)19-21)16-6-11-18-12(20-23-11)14(22)15-4/h5,16H,6H2,1-4H3,(H,15,22). The predicted molar refractivity (Wildman–Crippen MR) is 82.2 cm³/mol. The van der Waals surface area contributed by atoms with Gasteiger partial charge in [0.05, 0.1) is 12.2 Å². The summed E-state index contributed by atoms with van der Waals surface area (Å²) in [6.45, 7) is 6.13. The molecule has 23 heavy (non-hydrogen) atoms. The number of amides is 1. The Morgan fingerprint density at radius 3 is 2.83 bits per heavy atom. The van der Waals surface area contributed by atoms with Crippen molar-refractivity contribution in [1.82, 2.24) is 30.1 Å². The SMILES string of the molecule is CNC(=O)c1noc(CNc2cc(C)nc3c(C)c(C)nn23)n1. The van der Waals surface area contributed by atoms with Crippen LogP contribution in [0.1, 0.15) is 33.5 Å². The highest BCUT2D eigenvalue weighted by Crippen LogP contribution is 2.18. The van der Waals surface area contributed by atoms with E-state index in [0.717, 1.165) is 28.4 Å². The minimum atomic E-state index is -0.388. The number of hydrogen-bond acceptors (Lipinski definition) is 7. The van der Waals surface area contributed by atoms with E-state index in [1.807, 2.05) is 26.8 Å². The predicted octanol–water partition coefficient (Wildman–Crippen LogP) is 1.01. The molecule has 0 radical (unpaired) electrons. The minimum absolute atomic E-state index is 0.00568. The summed E-state index contributed by atoms with van der Waals surface area (Å²) in [7, 11) is 1.51. The van der Waals surface area contributed by atoms with Crippen molar-refractivity contribution >= 4 is 17.4 Å². The Kier molecular flexibility index (Phi) is 3.68. The third kappa shape index (κ3) is 2.72. The van der Waals surface area contributed by atoms with Crippen LogP contribution in [-0.2, 0) is 6.54 Å². The summed E-state index contributed by atoms with van der Waals surface area (Å²) in [4.78, 5) is 20.0. The van der Waals surface area contributed by atoms with Gasteiger partial charge in [-0.3, -0.25) is 4.79 Å². The molecule has 0 bridgehead atoms. The maximum Gasteiger partial charge on any atom is 0.292 e. The molecule has 3 aromatic rings. The number of aryl methyl sites for hydroxylation is 3. The Morgan fingerprint density at radius 1 is 1.30 bits per heavy atom. The zero-order chi connectivity index (χ0) is 16.6. The normalized spacial score (nSPS) is 11.0. The molecule has 3 aromatic heterocycles. The Labute approximate surface area is 132 Å². The van der Waals surface area contributed by atoms with Gasteiger partial charge >= 0.3 is 0 Å². The van der Waals surface area contributed by atoms with E-state index < -0.39 is 0 Å². The van der Waals surface area contributed by atoms with Crippen molar-refractivity contribution in [2.45, 2.75) is 27.3 Å². The number of nitrogens with zero attached hydrogens (tertiary/aromatic N) is 5. The zero-order valence-electron chi connectivity index (χ0n) is 13.3. The van der Waals surface area contributed by atoms with Crippen molar-refractivity contribution in [2.24, 2.45) is 0 Å². The Bertz CT molecular complexity index is 881. The Balaban J connectivity index is 1.86. The zero-order valence-corrected chi connectivity index (χ0v) is 13.3. The van der Waals surface area contributed by atoms with Crippen LogP contribution < -0.4 is 10.6 Å². The number of anilines is 1. The van der Waals surface area contributed by atoms with Gasteiger partial charge in [-0.1, -0.05) is 5.16 Å². The van der Waals surface area contributed by atoms with Gasteiger partial charge in [-0.05, 0) is 20.8 Å². The second kappa shape index (κ2) is 5.67. The van der Waals surface area contributed by atoms with Crippen molar-refractivity contribution in [3.05, 3.63) is 34.7 Å². The Morgan fingerprint density at radius 2 is 2.09 bits per heavy atom. The van der Waals surface area contributed by atoms with E-state index in [0.29, 0.717) is 5.89 Å². The number of rotatable bonds is 4. The maximum atomic E-state index is 11.4. The van der Waals surface area contributed by atoms with Crippen LogP contribution in [0.25, 0.3) is 5.65 Å². The maximum absolute atomic E-state index is 11.4. The van der Waals surface area contributed by atoms with Crippen molar-refractivity contribution in [1.29, 1.82) is 0 Å². The summed E-state index contributed by atoms with van der Waals surface area (Å²) in [6.07, 6.45) is 0. The van der Waals surface area contributed by atoms with Crippen molar-refractivity contribution in [2.75, 3.05) is 12.4 Å². The topological polar surface area (TPSA) is 110 Å². The van der Waals surface area contributed by atoms with Gasteiger partial charge in [-0.2, -0.15) is 14.6 Å². The number of carbonyl (C=O) groups excluding carboxylic acids is 1. The third-order valence-electron chi connectivity index (χ3n) is 3.50. The first-order chi connectivity index (χ1) is 11.0. The molecule has 0 aliphatic carbocycles. The summed E-state index contributed by atoms with van der Waals surface area (Å²) in [5.74, 6) is 0.696. The average Bonchev–Trinajstić information content (AvgIpc) is 3.11. The number of carbonyl (C=O) groups is 1. The first-order valence-electron chi connectivity index (χ1n) is 7.11. The summed E-state index contributed by atoms with van der Waals surface area (Å²) in [5, 5.41) is 13.7. The molecule has 1 amide bonds. The first-order valence-corrected chi connectivity index (χ1v) is 7.11. The number of aromatic nitrogens is 5. The lowest BCUT2D eigenvalue weighted by molar-refractivity contribution is 0.0950. The first kappa shape index (κ1) is 14.9. The molecule has 0 aliphatic heterocycles. The van der Waals surface area contributed by atoms with E-state index in [1.165, 1.54) is 7.05 Å². The van der Waals surface area contributed by atoms with E-state index in [1.54, 1.807) is 4.52 Å². The van der Waals surface area contributed by atoms with Gasteiger partial charge in [-0.25, -0.2) is 4.98 Å². The fourth-order valence-electron chi connectivity index (χ4n) is 2.17. The molecule has 0 aliphatic rings. The van der Waals surface area contributed by atoms with Crippen molar-refractivity contribution in [3.63, 3.8) is 0 Å². The monoisotopic (exact) mass is 315 g/mol. The molecule has 3 rings (SSSR count). The van der Waals surface area contributed by atoms with Crippen LogP contribution in [0.4, 0.5) is 5.82 Å². The van der Waals surface area contributed by atoms with Gasteiger partial charge in [0.2, 0.25) is 5.89 Å². The van der Waals surface area contributed by atoms with Crippen LogP contribution >= 0.6 is 0 Å². The smallest absolute Gasteiger partial charge is 0.292 e. The van der Waals surface area contributed by atoms with E-state index in [9.17, 15) is 4.79 Å². The highest BCUT2D eigenvalue weighted by Gasteiger charge is 2.14. The quantitative estimate of drug-likeness (QED) is 0.739. The van der Waals surface area contributed by atoms with E-state index in [-0.39, 0.29) is 18.3 Å². The lowest BCUT2D eigenvalue weighted by Crippen LogP contribution is -2.19. The van der Waals surface area contributed by atoms with Crippen LogP contribution in [-0.4, -0.2) is 37.7 Å². The summed E-state index contributed by atoms with van der Waals surface area (Å²) < 4.78 is 6.79. The lowest BCUT2D eigenvalue weighted by Gasteiger charge is -2.07. The molecule has 9 heteroatoms. The minimum Gasteiger partial charge on any atom is -0.361 e. The molecule has 0 fully saturated rings. The molecule has 9 nitrogen and oxygen atoms in total. The fraction of sp³-hybridized carbons (Fsp3) is 0.357.